The van der Waals surface area contributed by atoms with Crippen LogP contribution in [0, 0.1) is 27.7 Å². The maximum Gasteiger partial charge on any atom is 0.0383 e. The van der Waals surface area contributed by atoms with Gasteiger partial charge in [-0.25, -0.2) is 0 Å². The average Bonchev–Trinajstić information content (AvgIpc) is 2.72. The van der Waals surface area contributed by atoms with Crippen LogP contribution in [0.15, 0.2) is 0 Å². The van der Waals surface area contributed by atoms with Gasteiger partial charge >= 0.3 is 0 Å². The summed E-state index contributed by atoms with van der Waals surface area (Å²) in [6, 6.07) is 0. The molecule has 0 N–H and O–H groups in total. The van der Waals surface area contributed by atoms with Gasteiger partial charge in [0.05, 0.1) is 0 Å². The summed E-state index contributed by atoms with van der Waals surface area (Å²) in [4.78, 5) is 1.58. The predicted molar refractivity (Wildman–Crippen MR) is 79.5 cm³/mol. The van der Waals surface area contributed by atoms with Crippen molar-refractivity contribution in [1.29, 1.82) is 0 Å². The minimum absolute atomic E-state index is 1.16. The van der Waals surface area contributed by atoms with Gasteiger partial charge < -0.3 is 0 Å². The predicted octanol–water partition coefficient (Wildman–Crippen LogP) is 5.26. The van der Waals surface area contributed by atoms with Gasteiger partial charge in [-0.3, -0.25) is 0 Å². The maximum absolute atomic E-state index is 2.29. The first-order valence-corrected chi connectivity index (χ1v) is 7.35. The Bertz CT molecular complexity index is 573. The molecule has 1 heteroatoms. The molecule has 0 spiro atoms. The normalized spacial score (nSPS) is 11.4. The molecule has 92 valence electrons. The lowest BCUT2D eigenvalue weighted by molar-refractivity contribution is 1.08. The third kappa shape index (κ3) is 1.72. The van der Waals surface area contributed by atoms with Gasteiger partial charge in [0, 0.05) is 9.58 Å². The van der Waals surface area contributed by atoms with Crippen LogP contribution in [0.25, 0.3) is 10.1 Å². The van der Waals surface area contributed by atoms with Crippen molar-refractivity contribution in [2.75, 3.05) is 0 Å². The molecule has 0 saturated carbocycles. The Balaban J connectivity index is 2.98. The molecule has 0 nitrogen and oxygen atoms in total. The van der Waals surface area contributed by atoms with Crippen LogP contribution >= 0.6 is 11.3 Å². The minimum Gasteiger partial charge on any atom is -0.140 e. The SMILES string of the molecule is CCc1sc2c(C)c(C)c(C)c(C)c2c1CC. The second-order valence-corrected chi connectivity index (χ2v) is 6.02. The molecule has 2 rings (SSSR count). The number of hydrogen-bond donors (Lipinski definition) is 0. The van der Waals surface area contributed by atoms with E-state index in [1.54, 1.807) is 15.8 Å². The minimum atomic E-state index is 1.16. The van der Waals surface area contributed by atoms with Gasteiger partial charge in [-0.05, 0) is 73.7 Å². The number of aryl methyl sites for hydroxylation is 4. The molecule has 0 aliphatic carbocycles. The molecule has 1 aromatic carbocycles. The number of rotatable bonds is 2. The molecule has 0 bridgehead atoms. The van der Waals surface area contributed by atoms with Crippen molar-refractivity contribution >= 4 is 21.4 Å². The summed E-state index contributed by atoms with van der Waals surface area (Å²) in [5, 5.41) is 1.55. The molecule has 1 heterocycles. The highest BCUT2D eigenvalue weighted by molar-refractivity contribution is 7.19. The largest absolute Gasteiger partial charge is 0.140 e. The van der Waals surface area contributed by atoms with E-state index in [0.717, 1.165) is 6.42 Å². The van der Waals surface area contributed by atoms with Gasteiger partial charge in [-0.15, -0.1) is 11.3 Å². The molecule has 0 unspecified atom stereocenters. The Kier molecular flexibility index (Phi) is 3.31. The Hall–Kier alpha value is -0.820. The number of fused-ring (bicyclic) bond motifs is 1. The van der Waals surface area contributed by atoms with Crippen LogP contribution in [0.1, 0.15) is 46.5 Å². The lowest BCUT2D eigenvalue weighted by atomic mass is 9.93. The zero-order valence-corrected chi connectivity index (χ0v) is 12.6. The number of thiophene rings is 1. The van der Waals surface area contributed by atoms with Crippen LogP contribution in [0.4, 0.5) is 0 Å². The van der Waals surface area contributed by atoms with Crippen LogP contribution < -0.4 is 0 Å². The van der Waals surface area contributed by atoms with Crippen molar-refractivity contribution in [1.82, 2.24) is 0 Å². The second-order valence-electron chi connectivity index (χ2n) is 4.92. The van der Waals surface area contributed by atoms with Gasteiger partial charge in [0.2, 0.25) is 0 Å². The third-order valence-electron chi connectivity index (χ3n) is 4.17. The molecule has 2 aromatic rings. The average molecular weight is 246 g/mol. The first-order valence-electron chi connectivity index (χ1n) is 6.53. The zero-order chi connectivity index (χ0) is 12.7. The van der Waals surface area contributed by atoms with Crippen molar-refractivity contribution < 1.29 is 0 Å². The first kappa shape index (κ1) is 12.6. The zero-order valence-electron chi connectivity index (χ0n) is 11.8. The van der Waals surface area contributed by atoms with Gasteiger partial charge in [0.25, 0.3) is 0 Å². The standard InChI is InChI=1S/C16H22S/c1-7-13-14(8-2)17-16-12(6)10(4)9(3)11(5)15(13)16/h7-8H2,1-6H3. The molecule has 0 amide bonds. The van der Waals surface area contributed by atoms with Crippen LogP contribution in [-0.2, 0) is 12.8 Å². The Morgan fingerprint density at radius 3 is 1.88 bits per heavy atom. The van der Waals surface area contributed by atoms with E-state index in [-0.39, 0.29) is 0 Å². The van der Waals surface area contributed by atoms with Crippen molar-refractivity contribution in [3.05, 3.63) is 32.7 Å². The van der Waals surface area contributed by atoms with Crippen molar-refractivity contribution in [3.63, 3.8) is 0 Å². The van der Waals surface area contributed by atoms with Gasteiger partial charge in [-0.1, -0.05) is 13.8 Å². The molecule has 0 radical (unpaired) electrons. The maximum atomic E-state index is 2.29. The van der Waals surface area contributed by atoms with Crippen molar-refractivity contribution in [2.45, 2.75) is 54.4 Å². The Morgan fingerprint density at radius 1 is 0.765 bits per heavy atom. The van der Waals surface area contributed by atoms with Crippen LogP contribution in [0.3, 0.4) is 0 Å². The molecular formula is C16H22S. The van der Waals surface area contributed by atoms with E-state index in [2.05, 4.69) is 41.5 Å². The molecule has 0 aliphatic rings. The van der Waals surface area contributed by atoms with Crippen LogP contribution in [0.5, 0.6) is 0 Å². The fraction of sp³-hybridized carbons (Fsp3) is 0.500. The highest BCUT2D eigenvalue weighted by atomic mass is 32.1. The summed E-state index contributed by atoms with van der Waals surface area (Å²) < 4.78 is 1.53. The lowest BCUT2D eigenvalue weighted by Crippen LogP contribution is -1.93. The quantitative estimate of drug-likeness (QED) is 0.678. The molecule has 1 aromatic heterocycles. The van der Waals surface area contributed by atoms with E-state index >= 15 is 0 Å². The summed E-state index contributed by atoms with van der Waals surface area (Å²) in [7, 11) is 0. The molecule has 0 saturated heterocycles. The van der Waals surface area contributed by atoms with E-state index in [1.165, 1.54) is 33.4 Å². The molecule has 0 atom stereocenters. The fourth-order valence-corrected chi connectivity index (χ4v) is 4.20. The fourth-order valence-electron chi connectivity index (χ4n) is 2.75. The summed E-state index contributed by atoms with van der Waals surface area (Å²) in [6.07, 6.45) is 2.32. The number of benzene rings is 1. The Morgan fingerprint density at radius 2 is 1.35 bits per heavy atom. The van der Waals surface area contributed by atoms with E-state index in [0.29, 0.717) is 0 Å². The molecule has 17 heavy (non-hydrogen) atoms. The molecule has 0 aliphatic heterocycles. The van der Waals surface area contributed by atoms with Crippen molar-refractivity contribution in [2.24, 2.45) is 0 Å². The summed E-state index contributed by atoms with van der Waals surface area (Å²) in [5.74, 6) is 0. The highest BCUT2D eigenvalue weighted by Gasteiger charge is 2.16. The summed E-state index contributed by atoms with van der Waals surface area (Å²) >= 11 is 2.01. The monoisotopic (exact) mass is 246 g/mol. The van der Waals surface area contributed by atoms with Crippen LogP contribution in [0.2, 0.25) is 0 Å². The lowest BCUT2D eigenvalue weighted by Gasteiger charge is -2.12. The van der Waals surface area contributed by atoms with Gasteiger partial charge in [0.15, 0.2) is 0 Å². The summed E-state index contributed by atoms with van der Waals surface area (Å²) in [5.41, 5.74) is 7.53. The van der Waals surface area contributed by atoms with Crippen LogP contribution in [-0.4, -0.2) is 0 Å². The first-order chi connectivity index (χ1) is 8.02. The topological polar surface area (TPSA) is 0 Å². The van der Waals surface area contributed by atoms with E-state index < -0.39 is 0 Å². The third-order valence-corrected chi connectivity index (χ3v) is 5.66. The van der Waals surface area contributed by atoms with E-state index in [4.69, 9.17) is 0 Å². The van der Waals surface area contributed by atoms with Gasteiger partial charge in [-0.2, -0.15) is 0 Å². The second kappa shape index (κ2) is 4.45. The molecular weight excluding hydrogens is 224 g/mol. The van der Waals surface area contributed by atoms with Crippen molar-refractivity contribution in [3.8, 4) is 0 Å². The molecule has 0 fully saturated rings. The number of hydrogen-bond acceptors (Lipinski definition) is 1. The highest BCUT2D eigenvalue weighted by Crippen LogP contribution is 2.39. The van der Waals surface area contributed by atoms with E-state index in [9.17, 15) is 0 Å². The van der Waals surface area contributed by atoms with E-state index in [1.807, 2.05) is 11.3 Å². The van der Waals surface area contributed by atoms with Gasteiger partial charge in [0.1, 0.15) is 0 Å². The Labute approximate surface area is 109 Å². The summed E-state index contributed by atoms with van der Waals surface area (Å²) in [6.45, 7) is 13.6. The smallest absolute Gasteiger partial charge is 0.0383 e.